The van der Waals surface area contributed by atoms with Gasteiger partial charge in [0.2, 0.25) is 0 Å². The molecule has 0 aliphatic carbocycles. The maximum Gasteiger partial charge on any atom is 0.325 e. The van der Waals surface area contributed by atoms with Gasteiger partial charge in [-0.25, -0.2) is 0 Å². The maximum absolute atomic E-state index is 13.5. The molecule has 0 aliphatic rings. The van der Waals surface area contributed by atoms with Crippen molar-refractivity contribution in [1.29, 1.82) is 0 Å². The highest BCUT2D eigenvalue weighted by atomic mass is 16.5. The molecule has 0 amide bonds. The van der Waals surface area contributed by atoms with Gasteiger partial charge < -0.3 is 4.74 Å². The van der Waals surface area contributed by atoms with Crippen LogP contribution >= 0.6 is 0 Å². The summed E-state index contributed by atoms with van der Waals surface area (Å²) in [5.41, 5.74) is 1.67. The van der Waals surface area contributed by atoms with E-state index in [0.29, 0.717) is 0 Å². The number of carbonyl (C=O) groups excluding carboxylic acids is 1. The Kier molecular flexibility index (Phi) is 5.65. The molecular weight excluding hydrogens is 320 g/mol. The Morgan fingerprint density at radius 1 is 0.769 bits per heavy atom. The highest BCUT2D eigenvalue weighted by molar-refractivity contribution is 5.92. The third-order valence-corrected chi connectivity index (χ3v) is 4.47. The molecule has 0 fully saturated rings. The monoisotopic (exact) mass is 342 g/mol. The Hall–Kier alpha value is -3.13. The van der Waals surface area contributed by atoms with Crippen molar-refractivity contribution in [1.82, 2.24) is 0 Å². The van der Waals surface area contributed by atoms with Gasteiger partial charge in [-0.15, -0.1) is 0 Å². The average Bonchev–Trinajstić information content (AvgIpc) is 2.71. The summed E-state index contributed by atoms with van der Waals surface area (Å²) in [6.45, 7) is 2.16. The Bertz CT molecular complexity index is 756. The minimum Gasteiger partial charge on any atom is -0.460 e. The van der Waals surface area contributed by atoms with E-state index in [9.17, 15) is 4.79 Å². The van der Waals surface area contributed by atoms with Gasteiger partial charge in [0.05, 0.1) is 0 Å². The zero-order valence-electron chi connectivity index (χ0n) is 14.8. The van der Waals surface area contributed by atoms with Crippen LogP contribution in [0.2, 0.25) is 0 Å². The summed E-state index contributed by atoms with van der Waals surface area (Å²) in [6, 6.07) is 29.5. The minimum atomic E-state index is -1.01. The summed E-state index contributed by atoms with van der Waals surface area (Å²) in [5.74, 6) is -0.279. The van der Waals surface area contributed by atoms with Crippen molar-refractivity contribution in [3.05, 3.63) is 120 Å². The first-order chi connectivity index (χ1) is 12.8. The number of carbonyl (C=O) groups is 1. The second kappa shape index (κ2) is 8.30. The van der Waals surface area contributed by atoms with Crippen LogP contribution in [0.1, 0.15) is 23.6 Å². The van der Waals surface area contributed by atoms with Crippen molar-refractivity contribution in [3.8, 4) is 0 Å². The van der Waals surface area contributed by atoms with E-state index in [4.69, 9.17) is 4.74 Å². The quantitative estimate of drug-likeness (QED) is 0.352. The number of esters is 1. The molecule has 2 nitrogen and oxygen atoms in total. The van der Waals surface area contributed by atoms with E-state index in [2.05, 4.69) is 0 Å². The summed E-state index contributed by atoms with van der Waals surface area (Å²) in [5, 5.41) is 0. The van der Waals surface area contributed by atoms with Crippen LogP contribution in [-0.2, 0) is 14.9 Å². The first-order valence-corrected chi connectivity index (χ1v) is 8.75. The van der Waals surface area contributed by atoms with Crippen molar-refractivity contribution in [2.45, 2.75) is 12.3 Å². The topological polar surface area (TPSA) is 26.3 Å². The van der Waals surface area contributed by atoms with Crippen LogP contribution in [0.25, 0.3) is 0 Å². The molecule has 0 saturated carbocycles. The fraction of sp³-hybridized carbons (Fsp3) is 0.125. The van der Waals surface area contributed by atoms with E-state index < -0.39 is 5.41 Å². The minimum absolute atomic E-state index is 0.254. The lowest BCUT2D eigenvalue weighted by molar-refractivity contribution is -0.146. The summed E-state index contributed by atoms with van der Waals surface area (Å²) in [6.07, 6.45) is 3.71. The molecular formula is C24H22O2. The summed E-state index contributed by atoms with van der Waals surface area (Å²) >= 11 is 0. The molecule has 2 heteroatoms. The lowest BCUT2D eigenvalue weighted by Gasteiger charge is -2.33. The standard InChI is InChI=1S/C24H22O2/c1-2-3-19-26-23(25)24(20-13-7-4-8-14-20,21-15-9-5-10-16-21)22-17-11-6-12-18-22/h2-18H,19H2,1H3. The van der Waals surface area contributed by atoms with Crippen molar-refractivity contribution < 1.29 is 9.53 Å². The van der Waals surface area contributed by atoms with E-state index in [1.54, 1.807) is 0 Å². The SMILES string of the molecule is CC=CCOC(=O)C(c1ccccc1)(c1ccccc1)c1ccccc1. The van der Waals surface area contributed by atoms with Crippen molar-refractivity contribution in [2.24, 2.45) is 0 Å². The van der Waals surface area contributed by atoms with Crippen LogP contribution in [0.3, 0.4) is 0 Å². The summed E-state index contributed by atoms with van der Waals surface area (Å²) in [4.78, 5) is 13.5. The average molecular weight is 342 g/mol. The number of ether oxygens (including phenoxy) is 1. The molecule has 0 unspecified atom stereocenters. The van der Waals surface area contributed by atoms with Crippen molar-refractivity contribution in [2.75, 3.05) is 6.61 Å². The van der Waals surface area contributed by atoms with E-state index in [0.717, 1.165) is 16.7 Å². The van der Waals surface area contributed by atoms with Gasteiger partial charge in [0.15, 0.2) is 0 Å². The van der Waals surface area contributed by atoms with Crippen molar-refractivity contribution >= 4 is 5.97 Å². The molecule has 0 spiro atoms. The Labute approximate surface area is 154 Å². The number of benzene rings is 3. The molecule has 3 rings (SSSR count). The summed E-state index contributed by atoms with van der Waals surface area (Å²) < 4.78 is 5.69. The van der Waals surface area contributed by atoms with Crippen LogP contribution in [-0.4, -0.2) is 12.6 Å². The predicted octanol–water partition coefficient (Wildman–Crippen LogP) is 5.14. The van der Waals surface area contributed by atoms with Gasteiger partial charge in [0.25, 0.3) is 0 Å². The van der Waals surface area contributed by atoms with Crippen LogP contribution in [0.5, 0.6) is 0 Å². The molecule has 0 aliphatic heterocycles. The van der Waals surface area contributed by atoms with Gasteiger partial charge in [0, 0.05) is 0 Å². The third kappa shape index (κ3) is 3.31. The fourth-order valence-corrected chi connectivity index (χ4v) is 3.25. The normalized spacial score (nSPS) is 11.4. The maximum atomic E-state index is 13.5. The lowest BCUT2D eigenvalue weighted by atomic mass is 9.69. The van der Waals surface area contributed by atoms with E-state index in [1.807, 2.05) is 110 Å². The number of allylic oxidation sites excluding steroid dienone is 1. The molecule has 0 heterocycles. The molecule has 3 aromatic carbocycles. The smallest absolute Gasteiger partial charge is 0.325 e. The molecule has 0 aromatic heterocycles. The lowest BCUT2D eigenvalue weighted by Crippen LogP contribution is -2.40. The molecule has 0 bridgehead atoms. The van der Waals surface area contributed by atoms with Gasteiger partial charge in [-0.2, -0.15) is 0 Å². The highest BCUT2D eigenvalue weighted by Gasteiger charge is 2.45. The van der Waals surface area contributed by atoms with E-state index in [1.165, 1.54) is 0 Å². The van der Waals surface area contributed by atoms with Gasteiger partial charge in [-0.3, -0.25) is 4.79 Å². The van der Waals surface area contributed by atoms with Crippen LogP contribution in [0.4, 0.5) is 0 Å². The first-order valence-electron chi connectivity index (χ1n) is 8.75. The second-order valence-electron chi connectivity index (χ2n) is 6.02. The predicted molar refractivity (Wildman–Crippen MR) is 105 cm³/mol. The Balaban J connectivity index is 2.26. The molecule has 0 atom stereocenters. The van der Waals surface area contributed by atoms with Gasteiger partial charge in [0.1, 0.15) is 12.0 Å². The van der Waals surface area contributed by atoms with Crippen LogP contribution < -0.4 is 0 Å². The van der Waals surface area contributed by atoms with Crippen LogP contribution in [0, 0.1) is 0 Å². The Morgan fingerprint density at radius 3 is 1.50 bits per heavy atom. The van der Waals surface area contributed by atoms with Crippen LogP contribution in [0.15, 0.2) is 103 Å². The molecule has 0 radical (unpaired) electrons. The molecule has 26 heavy (non-hydrogen) atoms. The van der Waals surface area contributed by atoms with Gasteiger partial charge in [-0.05, 0) is 23.6 Å². The number of rotatable bonds is 6. The van der Waals surface area contributed by atoms with Gasteiger partial charge in [-0.1, -0.05) is 103 Å². The highest BCUT2D eigenvalue weighted by Crippen LogP contribution is 2.40. The third-order valence-electron chi connectivity index (χ3n) is 4.47. The largest absolute Gasteiger partial charge is 0.460 e. The second-order valence-corrected chi connectivity index (χ2v) is 6.02. The number of hydrogen-bond acceptors (Lipinski definition) is 2. The van der Waals surface area contributed by atoms with Gasteiger partial charge >= 0.3 is 5.97 Å². The molecule has 0 saturated heterocycles. The summed E-state index contributed by atoms with van der Waals surface area (Å²) in [7, 11) is 0. The zero-order chi connectivity index (χ0) is 18.2. The molecule has 3 aromatic rings. The fourth-order valence-electron chi connectivity index (χ4n) is 3.25. The molecule has 0 N–H and O–H groups in total. The van der Waals surface area contributed by atoms with Crippen molar-refractivity contribution in [3.63, 3.8) is 0 Å². The zero-order valence-corrected chi connectivity index (χ0v) is 14.8. The molecule has 130 valence electrons. The Morgan fingerprint density at radius 2 is 1.15 bits per heavy atom. The first kappa shape index (κ1) is 17.7. The van der Waals surface area contributed by atoms with E-state index in [-0.39, 0.29) is 12.6 Å². The van der Waals surface area contributed by atoms with E-state index >= 15 is 0 Å². The number of hydrogen-bond donors (Lipinski definition) is 0.